The Kier molecular flexibility index (Phi) is 6.47. The Morgan fingerprint density at radius 3 is 2.48 bits per heavy atom. The van der Waals surface area contributed by atoms with Gasteiger partial charge in [0.05, 0.1) is 11.5 Å². The van der Waals surface area contributed by atoms with Gasteiger partial charge in [-0.05, 0) is 24.5 Å². The molecule has 8 heteroatoms. The number of sulfone groups is 1. The number of amides is 2. The third-order valence-electron chi connectivity index (χ3n) is 3.48. The molecule has 1 unspecified atom stereocenters. The van der Waals surface area contributed by atoms with Gasteiger partial charge in [0.2, 0.25) is 11.8 Å². The molecule has 1 heterocycles. The number of nitrogens with one attached hydrogen (secondary N) is 2. The third kappa shape index (κ3) is 6.62. The summed E-state index contributed by atoms with van der Waals surface area (Å²) in [6, 6.07) is 9.75. The van der Waals surface area contributed by atoms with E-state index in [4.69, 9.17) is 0 Å². The number of carbonyl (C=O) groups excluding carboxylic acids is 2. The average Bonchev–Trinajstić information content (AvgIpc) is 2.85. The zero-order chi connectivity index (χ0) is 16.7. The van der Waals surface area contributed by atoms with Crippen LogP contribution in [-0.4, -0.2) is 37.5 Å². The minimum absolute atomic E-state index is 0.0576. The van der Waals surface area contributed by atoms with Gasteiger partial charge in [0.1, 0.15) is 0 Å². The first-order valence-electron chi connectivity index (χ1n) is 7.40. The van der Waals surface area contributed by atoms with E-state index in [1.54, 1.807) is 11.8 Å². The fourth-order valence-corrected chi connectivity index (χ4v) is 5.06. The smallest absolute Gasteiger partial charge is 0.239 e. The molecule has 2 amide bonds. The number of hydrogen-bond donors (Lipinski definition) is 2. The summed E-state index contributed by atoms with van der Waals surface area (Å²) >= 11 is 1.57. The third-order valence-corrected chi connectivity index (χ3v) is 6.33. The highest BCUT2D eigenvalue weighted by atomic mass is 32.2. The predicted molar refractivity (Wildman–Crippen MR) is 89.4 cm³/mol. The molecule has 0 aliphatic carbocycles. The first-order chi connectivity index (χ1) is 10.9. The molecule has 1 saturated heterocycles. The number of rotatable bonds is 6. The highest BCUT2D eigenvalue weighted by Crippen LogP contribution is 2.21. The molecule has 1 fully saturated rings. The van der Waals surface area contributed by atoms with Gasteiger partial charge in [0, 0.05) is 23.5 Å². The summed E-state index contributed by atoms with van der Waals surface area (Å²) in [7, 11) is -2.98. The fourth-order valence-electron chi connectivity index (χ4n) is 2.33. The van der Waals surface area contributed by atoms with Crippen LogP contribution in [0.3, 0.4) is 0 Å². The number of carbonyl (C=O) groups is 2. The summed E-state index contributed by atoms with van der Waals surface area (Å²) in [5, 5.41) is 0. The molecule has 0 radical (unpaired) electrons. The topological polar surface area (TPSA) is 92.3 Å². The molecular formula is C15H20N2O4S2. The Morgan fingerprint density at radius 1 is 1.13 bits per heavy atom. The van der Waals surface area contributed by atoms with Gasteiger partial charge in [-0.1, -0.05) is 18.2 Å². The van der Waals surface area contributed by atoms with Crippen LogP contribution in [0.15, 0.2) is 35.2 Å². The molecule has 2 rings (SSSR count). The molecule has 23 heavy (non-hydrogen) atoms. The van der Waals surface area contributed by atoms with E-state index in [1.165, 1.54) is 0 Å². The summed E-state index contributed by atoms with van der Waals surface area (Å²) in [4.78, 5) is 24.4. The summed E-state index contributed by atoms with van der Waals surface area (Å²) in [5.74, 6) is 0.0606. The van der Waals surface area contributed by atoms with Gasteiger partial charge in [0.25, 0.3) is 0 Å². The van der Waals surface area contributed by atoms with Crippen molar-refractivity contribution in [2.45, 2.75) is 24.2 Å². The number of benzene rings is 1. The van der Waals surface area contributed by atoms with Gasteiger partial charge in [-0.25, -0.2) is 8.42 Å². The molecule has 0 saturated carbocycles. The van der Waals surface area contributed by atoms with Crippen LogP contribution in [0, 0.1) is 5.92 Å². The molecule has 1 aromatic rings. The van der Waals surface area contributed by atoms with E-state index in [0.717, 1.165) is 4.90 Å². The van der Waals surface area contributed by atoms with Gasteiger partial charge >= 0.3 is 0 Å². The van der Waals surface area contributed by atoms with Crippen molar-refractivity contribution < 1.29 is 18.0 Å². The van der Waals surface area contributed by atoms with E-state index in [1.807, 2.05) is 30.3 Å². The minimum Gasteiger partial charge on any atom is -0.273 e. The molecular weight excluding hydrogens is 336 g/mol. The van der Waals surface area contributed by atoms with Crippen LogP contribution in [0.1, 0.15) is 19.3 Å². The standard InChI is InChI=1S/C15H20N2O4S2/c18-14(6-8-22-13-4-2-1-3-5-13)16-17-15(19)10-12-7-9-23(20,21)11-12/h1-5,12H,6-11H2,(H,16,18)(H,17,19). The summed E-state index contributed by atoms with van der Waals surface area (Å²) in [6.07, 6.45) is 0.924. The second kappa shape index (κ2) is 8.35. The summed E-state index contributed by atoms with van der Waals surface area (Å²) in [5.41, 5.74) is 4.70. The predicted octanol–water partition coefficient (Wildman–Crippen LogP) is 1.14. The number of hydrazine groups is 1. The Morgan fingerprint density at radius 2 is 1.83 bits per heavy atom. The normalized spacial score (nSPS) is 19.2. The Hall–Kier alpha value is -1.54. The van der Waals surface area contributed by atoms with Crippen LogP contribution >= 0.6 is 11.8 Å². The van der Waals surface area contributed by atoms with Crippen molar-refractivity contribution in [2.75, 3.05) is 17.3 Å². The van der Waals surface area contributed by atoms with Crippen LogP contribution in [0.4, 0.5) is 0 Å². The van der Waals surface area contributed by atoms with Crippen LogP contribution in [0.5, 0.6) is 0 Å². The van der Waals surface area contributed by atoms with Gasteiger partial charge in [-0.15, -0.1) is 11.8 Å². The highest BCUT2D eigenvalue weighted by Gasteiger charge is 2.29. The Labute approximate surface area is 140 Å². The largest absolute Gasteiger partial charge is 0.273 e. The summed E-state index contributed by atoms with van der Waals surface area (Å²) in [6.45, 7) is 0. The van der Waals surface area contributed by atoms with E-state index in [9.17, 15) is 18.0 Å². The summed E-state index contributed by atoms with van der Waals surface area (Å²) < 4.78 is 22.6. The van der Waals surface area contributed by atoms with Crippen molar-refractivity contribution in [3.8, 4) is 0 Å². The molecule has 126 valence electrons. The van der Waals surface area contributed by atoms with Crippen LogP contribution in [0.25, 0.3) is 0 Å². The van der Waals surface area contributed by atoms with Gasteiger partial charge in [-0.3, -0.25) is 20.4 Å². The maximum absolute atomic E-state index is 11.7. The van der Waals surface area contributed by atoms with Gasteiger partial charge in [-0.2, -0.15) is 0 Å². The van der Waals surface area contributed by atoms with Crippen molar-refractivity contribution in [1.82, 2.24) is 10.9 Å². The van der Waals surface area contributed by atoms with E-state index in [-0.39, 0.29) is 42.1 Å². The maximum Gasteiger partial charge on any atom is 0.239 e. The second-order valence-corrected chi connectivity index (χ2v) is 8.88. The number of hydrogen-bond acceptors (Lipinski definition) is 5. The molecule has 0 aromatic heterocycles. The van der Waals surface area contributed by atoms with Crippen LogP contribution in [0.2, 0.25) is 0 Å². The lowest BCUT2D eigenvalue weighted by Crippen LogP contribution is -2.42. The molecule has 0 bridgehead atoms. The van der Waals surface area contributed by atoms with Crippen LogP contribution in [-0.2, 0) is 19.4 Å². The first kappa shape index (κ1) is 17.8. The molecule has 1 atom stereocenters. The fraction of sp³-hybridized carbons (Fsp3) is 0.467. The van der Waals surface area contributed by atoms with E-state index in [2.05, 4.69) is 10.9 Å². The minimum atomic E-state index is -2.98. The lowest BCUT2D eigenvalue weighted by atomic mass is 10.1. The lowest BCUT2D eigenvalue weighted by molar-refractivity contribution is -0.129. The van der Waals surface area contributed by atoms with Crippen molar-refractivity contribution in [3.05, 3.63) is 30.3 Å². The highest BCUT2D eigenvalue weighted by molar-refractivity contribution is 7.99. The van der Waals surface area contributed by atoms with Gasteiger partial charge < -0.3 is 0 Å². The SMILES string of the molecule is O=C(CCSc1ccccc1)NNC(=O)CC1CCS(=O)(=O)C1. The Bertz CT molecular complexity index is 647. The first-order valence-corrected chi connectivity index (χ1v) is 10.2. The number of thioether (sulfide) groups is 1. The van der Waals surface area contributed by atoms with Gasteiger partial charge in [0.15, 0.2) is 9.84 Å². The maximum atomic E-state index is 11.7. The molecule has 1 aliphatic rings. The van der Waals surface area contributed by atoms with Crippen molar-refractivity contribution in [1.29, 1.82) is 0 Å². The van der Waals surface area contributed by atoms with Crippen LogP contribution < -0.4 is 10.9 Å². The Balaban J connectivity index is 1.59. The molecule has 1 aromatic carbocycles. The van der Waals surface area contributed by atoms with Crippen molar-refractivity contribution in [2.24, 2.45) is 5.92 Å². The van der Waals surface area contributed by atoms with Crippen molar-refractivity contribution in [3.63, 3.8) is 0 Å². The quantitative estimate of drug-likeness (QED) is 0.589. The average molecular weight is 356 g/mol. The van der Waals surface area contributed by atoms with E-state index >= 15 is 0 Å². The molecule has 0 spiro atoms. The monoisotopic (exact) mass is 356 g/mol. The van der Waals surface area contributed by atoms with E-state index < -0.39 is 9.84 Å². The second-order valence-electron chi connectivity index (χ2n) is 5.48. The zero-order valence-corrected chi connectivity index (χ0v) is 14.3. The lowest BCUT2D eigenvalue weighted by Gasteiger charge is -2.10. The molecule has 6 nitrogen and oxygen atoms in total. The van der Waals surface area contributed by atoms with Crippen molar-refractivity contribution >= 4 is 33.4 Å². The zero-order valence-electron chi connectivity index (χ0n) is 12.7. The molecule has 1 aliphatic heterocycles. The van der Waals surface area contributed by atoms with E-state index in [0.29, 0.717) is 12.2 Å². The molecule has 2 N–H and O–H groups in total.